The fourth-order valence-corrected chi connectivity index (χ4v) is 2.95. The van der Waals surface area contributed by atoms with Crippen molar-refractivity contribution in [2.45, 2.75) is 52.4 Å². The van der Waals surface area contributed by atoms with Crippen LogP contribution in [0.15, 0.2) is 48.5 Å². The van der Waals surface area contributed by atoms with E-state index in [1.807, 2.05) is 48.5 Å². The van der Waals surface area contributed by atoms with Gasteiger partial charge in [-0.2, -0.15) is 0 Å². The van der Waals surface area contributed by atoms with Crippen LogP contribution in [0.2, 0.25) is 0 Å². The molecule has 0 aliphatic carbocycles. The van der Waals surface area contributed by atoms with Crippen LogP contribution in [0.3, 0.4) is 0 Å². The number of hydrogen-bond acceptors (Lipinski definition) is 4. The van der Waals surface area contributed by atoms with Crippen LogP contribution in [-0.4, -0.2) is 25.0 Å². The quantitative estimate of drug-likeness (QED) is 0.640. The van der Waals surface area contributed by atoms with E-state index in [-0.39, 0.29) is 18.6 Å². The van der Waals surface area contributed by atoms with Crippen LogP contribution in [0.25, 0.3) is 0 Å². The molecular formula is C24H32N2O4. The molecule has 0 spiro atoms. The van der Waals surface area contributed by atoms with Crippen molar-refractivity contribution in [2.75, 3.05) is 13.2 Å². The third kappa shape index (κ3) is 6.79. The monoisotopic (exact) mass is 412 g/mol. The van der Waals surface area contributed by atoms with Crippen molar-refractivity contribution in [2.24, 2.45) is 0 Å². The fourth-order valence-electron chi connectivity index (χ4n) is 2.95. The van der Waals surface area contributed by atoms with Gasteiger partial charge in [-0.05, 0) is 41.0 Å². The molecule has 0 aliphatic heterocycles. The van der Waals surface area contributed by atoms with E-state index in [4.69, 9.17) is 9.47 Å². The Morgan fingerprint density at radius 3 is 1.93 bits per heavy atom. The van der Waals surface area contributed by atoms with Crippen molar-refractivity contribution in [1.29, 1.82) is 0 Å². The normalized spacial score (nSPS) is 12.0. The largest absolute Gasteiger partial charge is 0.483 e. The highest BCUT2D eigenvalue weighted by atomic mass is 16.5. The first-order valence-corrected chi connectivity index (χ1v) is 10.2. The molecule has 0 bridgehead atoms. The molecule has 0 aliphatic rings. The first kappa shape index (κ1) is 23.3. The number of carbonyl (C=O) groups excluding carboxylic acids is 2. The summed E-state index contributed by atoms with van der Waals surface area (Å²) in [7, 11) is 0. The first-order chi connectivity index (χ1) is 14.2. The summed E-state index contributed by atoms with van der Waals surface area (Å²) in [6, 6.07) is 15.3. The minimum Gasteiger partial charge on any atom is -0.483 e. The predicted octanol–water partition coefficient (Wildman–Crippen LogP) is 4.10. The lowest BCUT2D eigenvalue weighted by atomic mass is 9.86. The predicted molar refractivity (Wildman–Crippen MR) is 118 cm³/mol. The minimum atomic E-state index is -0.452. The van der Waals surface area contributed by atoms with Crippen molar-refractivity contribution in [3.63, 3.8) is 0 Å². The number of para-hydroxylation sites is 2. The summed E-state index contributed by atoms with van der Waals surface area (Å²) in [5.41, 5.74) is 6.67. The van der Waals surface area contributed by atoms with Gasteiger partial charge in [0.1, 0.15) is 11.5 Å². The third-order valence-electron chi connectivity index (χ3n) is 4.82. The molecule has 2 aromatic carbocycles. The number of hydrazine groups is 1. The molecule has 0 saturated heterocycles. The molecule has 2 aromatic rings. The third-order valence-corrected chi connectivity index (χ3v) is 4.82. The van der Waals surface area contributed by atoms with Crippen LogP contribution in [0.1, 0.15) is 58.1 Å². The van der Waals surface area contributed by atoms with Gasteiger partial charge in [0.2, 0.25) is 0 Å². The van der Waals surface area contributed by atoms with Gasteiger partial charge in [-0.3, -0.25) is 20.4 Å². The number of amides is 2. The van der Waals surface area contributed by atoms with Gasteiger partial charge in [0.15, 0.2) is 13.2 Å². The van der Waals surface area contributed by atoms with E-state index in [9.17, 15) is 9.59 Å². The second-order valence-electron chi connectivity index (χ2n) is 8.27. The SMILES string of the molecule is CCC(C)c1ccccc1OCC(=O)NNC(=O)COc1ccccc1C(C)(C)C. The summed E-state index contributed by atoms with van der Waals surface area (Å²) in [4.78, 5) is 24.1. The molecule has 2 amide bonds. The average Bonchev–Trinajstić information content (AvgIpc) is 2.74. The molecule has 0 aromatic heterocycles. The maximum absolute atomic E-state index is 12.0. The number of nitrogens with one attached hydrogen (secondary N) is 2. The zero-order valence-corrected chi connectivity index (χ0v) is 18.5. The molecule has 30 heavy (non-hydrogen) atoms. The molecule has 1 unspecified atom stereocenters. The number of hydrogen-bond donors (Lipinski definition) is 2. The summed E-state index contributed by atoms with van der Waals surface area (Å²) in [5, 5.41) is 0. The lowest BCUT2D eigenvalue weighted by Gasteiger charge is -2.22. The second-order valence-corrected chi connectivity index (χ2v) is 8.27. The van der Waals surface area contributed by atoms with Crippen LogP contribution in [-0.2, 0) is 15.0 Å². The maximum Gasteiger partial charge on any atom is 0.276 e. The van der Waals surface area contributed by atoms with Crippen LogP contribution < -0.4 is 20.3 Å². The summed E-state index contributed by atoms with van der Waals surface area (Å²) in [6.07, 6.45) is 0.973. The van der Waals surface area contributed by atoms with E-state index in [0.29, 0.717) is 17.4 Å². The topological polar surface area (TPSA) is 76.7 Å². The van der Waals surface area contributed by atoms with E-state index >= 15 is 0 Å². The second kappa shape index (κ2) is 10.7. The molecule has 0 heterocycles. The summed E-state index contributed by atoms with van der Waals surface area (Å²) >= 11 is 0. The van der Waals surface area contributed by atoms with Crippen LogP contribution in [0.4, 0.5) is 0 Å². The highest BCUT2D eigenvalue weighted by Crippen LogP contribution is 2.31. The molecule has 0 saturated carbocycles. The molecule has 0 fully saturated rings. The number of ether oxygens (including phenoxy) is 2. The molecule has 6 heteroatoms. The highest BCUT2D eigenvalue weighted by Gasteiger charge is 2.19. The summed E-state index contributed by atoms with van der Waals surface area (Å²) in [6.45, 7) is 10.1. The molecule has 1 atom stereocenters. The molecule has 2 N–H and O–H groups in total. The maximum atomic E-state index is 12.0. The van der Waals surface area contributed by atoms with Crippen molar-refractivity contribution < 1.29 is 19.1 Å². The fraction of sp³-hybridized carbons (Fsp3) is 0.417. The standard InChI is InChI=1S/C24H32N2O4/c1-6-17(2)18-11-7-9-13-20(18)29-15-22(27)25-26-23(28)16-30-21-14-10-8-12-19(21)24(3,4)5/h7-14,17H,6,15-16H2,1-5H3,(H,25,27)(H,26,28). The number of benzene rings is 2. The van der Waals surface area contributed by atoms with Gasteiger partial charge < -0.3 is 9.47 Å². The summed E-state index contributed by atoms with van der Waals surface area (Å²) < 4.78 is 11.3. The average molecular weight is 413 g/mol. The zero-order chi connectivity index (χ0) is 22.1. The van der Waals surface area contributed by atoms with Crippen molar-refractivity contribution in [3.05, 3.63) is 59.7 Å². The Bertz CT molecular complexity index is 858. The van der Waals surface area contributed by atoms with Crippen LogP contribution in [0, 0.1) is 0 Å². The molecule has 162 valence electrons. The zero-order valence-electron chi connectivity index (χ0n) is 18.5. The van der Waals surface area contributed by atoms with E-state index in [0.717, 1.165) is 17.5 Å². The van der Waals surface area contributed by atoms with Gasteiger partial charge >= 0.3 is 0 Å². The summed E-state index contributed by atoms with van der Waals surface area (Å²) in [5.74, 6) is 0.758. The van der Waals surface area contributed by atoms with Crippen LogP contribution in [0.5, 0.6) is 11.5 Å². The van der Waals surface area contributed by atoms with Crippen molar-refractivity contribution in [1.82, 2.24) is 10.9 Å². The lowest BCUT2D eigenvalue weighted by Crippen LogP contribution is -2.45. The van der Waals surface area contributed by atoms with Gasteiger partial charge in [-0.25, -0.2) is 0 Å². The minimum absolute atomic E-state index is 0.107. The molecule has 2 rings (SSSR count). The van der Waals surface area contributed by atoms with Gasteiger partial charge in [0, 0.05) is 0 Å². The van der Waals surface area contributed by atoms with Crippen LogP contribution >= 0.6 is 0 Å². The Balaban J connectivity index is 1.80. The van der Waals surface area contributed by atoms with Crippen molar-refractivity contribution >= 4 is 11.8 Å². The Hall–Kier alpha value is -3.02. The van der Waals surface area contributed by atoms with E-state index < -0.39 is 11.8 Å². The Kier molecular flexibility index (Phi) is 8.27. The van der Waals surface area contributed by atoms with Gasteiger partial charge in [0.05, 0.1) is 0 Å². The first-order valence-electron chi connectivity index (χ1n) is 10.2. The van der Waals surface area contributed by atoms with E-state index in [2.05, 4.69) is 45.5 Å². The number of rotatable bonds is 8. The Morgan fingerprint density at radius 2 is 1.37 bits per heavy atom. The van der Waals surface area contributed by atoms with Gasteiger partial charge in [0.25, 0.3) is 11.8 Å². The van der Waals surface area contributed by atoms with E-state index in [1.54, 1.807) is 0 Å². The lowest BCUT2D eigenvalue weighted by molar-refractivity contribution is -0.131. The van der Waals surface area contributed by atoms with Crippen molar-refractivity contribution in [3.8, 4) is 11.5 Å². The Morgan fingerprint density at radius 1 is 0.867 bits per heavy atom. The highest BCUT2D eigenvalue weighted by molar-refractivity contribution is 5.83. The Labute approximate surface area is 178 Å². The molecule has 6 nitrogen and oxygen atoms in total. The smallest absolute Gasteiger partial charge is 0.276 e. The van der Waals surface area contributed by atoms with E-state index in [1.165, 1.54) is 0 Å². The van der Waals surface area contributed by atoms with Gasteiger partial charge in [-0.15, -0.1) is 0 Å². The molecule has 0 radical (unpaired) electrons. The number of carbonyl (C=O) groups is 2. The molecular weight excluding hydrogens is 380 g/mol. The van der Waals surface area contributed by atoms with Gasteiger partial charge in [-0.1, -0.05) is 71.0 Å².